The van der Waals surface area contributed by atoms with Crippen LogP contribution in [0.2, 0.25) is 0 Å². The van der Waals surface area contributed by atoms with Gasteiger partial charge in [0.1, 0.15) is 0 Å². The normalized spacial score (nSPS) is 19.7. The van der Waals surface area contributed by atoms with Gasteiger partial charge in [-0.05, 0) is 43.5 Å². The molecule has 2 rings (SSSR count). The van der Waals surface area contributed by atoms with Gasteiger partial charge >= 0.3 is 0 Å². The van der Waals surface area contributed by atoms with Crippen molar-refractivity contribution in [2.24, 2.45) is 5.73 Å². The largest absolute Gasteiger partial charge is 0.388 e. The molecule has 0 spiro atoms. The molecule has 0 bridgehead atoms. The van der Waals surface area contributed by atoms with Gasteiger partial charge in [0, 0.05) is 12.2 Å². The molecule has 0 aromatic heterocycles. The molecule has 1 aliphatic rings. The predicted molar refractivity (Wildman–Crippen MR) is 76.1 cm³/mol. The lowest BCUT2D eigenvalue weighted by atomic mass is 9.98. The molecule has 0 aliphatic carbocycles. The number of amides is 1. The Hall–Kier alpha value is -1.39. The van der Waals surface area contributed by atoms with Gasteiger partial charge in [0.05, 0.1) is 12.0 Å². The van der Waals surface area contributed by atoms with Crippen LogP contribution in [0.3, 0.4) is 0 Å². The van der Waals surface area contributed by atoms with E-state index in [4.69, 9.17) is 5.73 Å². The molecule has 1 aromatic rings. The number of fused-ring (bicyclic) bond motifs is 1. The Labute approximate surface area is 114 Å². The van der Waals surface area contributed by atoms with Crippen LogP contribution in [-0.4, -0.2) is 24.1 Å². The van der Waals surface area contributed by atoms with Crippen LogP contribution in [0.4, 0.5) is 5.69 Å². The first kappa shape index (κ1) is 14.0. The molecule has 3 N–H and O–H groups in total. The monoisotopic (exact) mass is 262 g/mol. The Morgan fingerprint density at radius 1 is 1.47 bits per heavy atom. The molecule has 104 valence electrons. The third kappa shape index (κ3) is 2.51. The molecule has 0 saturated carbocycles. The van der Waals surface area contributed by atoms with E-state index in [2.05, 4.69) is 0 Å². The third-order valence-corrected chi connectivity index (χ3v) is 3.80. The summed E-state index contributed by atoms with van der Waals surface area (Å²) in [4.78, 5) is 14.1. The maximum absolute atomic E-state index is 12.2. The summed E-state index contributed by atoms with van der Waals surface area (Å²) < 4.78 is 0. The zero-order valence-corrected chi connectivity index (χ0v) is 11.6. The van der Waals surface area contributed by atoms with E-state index in [0.717, 1.165) is 23.2 Å². The summed E-state index contributed by atoms with van der Waals surface area (Å²) in [6.07, 6.45) is 1.03. The molecular formula is C15H22N2O2. The van der Waals surface area contributed by atoms with Gasteiger partial charge in [-0.2, -0.15) is 0 Å². The lowest BCUT2D eigenvalue weighted by molar-refractivity contribution is -0.119. The summed E-state index contributed by atoms with van der Waals surface area (Å²) in [5, 5.41) is 9.90. The summed E-state index contributed by atoms with van der Waals surface area (Å²) >= 11 is 0. The second kappa shape index (κ2) is 5.72. The number of aliphatic hydroxyl groups excluding tert-OH is 1. The topological polar surface area (TPSA) is 66.6 Å². The molecule has 0 radical (unpaired) electrons. The highest BCUT2D eigenvalue weighted by atomic mass is 16.3. The number of carbonyl (C=O) groups is 1. The molecule has 1 amide bonds. The number of carbonyl (C=O) groups excluding carboxylic acids is 1. The molecule has 2 unspecified atom stereocenters. The van der Waals surface area contributed by atoms with Crippen molar-refractivity contribution < 1.29 is 9.90 Å². The Kier molecular flexibility index (Phi) is 4.22. The van der Waals surface area contributed by atoms with Gasteiger partial charge in [-0.15, -0.1) is 0 Å². The summed E-state index contributed by atoms with van der Waals surface area (Å²) in [6, 6.07) is 5.82. The highest BCUT2D eigenvalue weighted by molar-refractivity contribution is 6.04. The first-order valence-corrected chi connectivity index (χ1v) is 6.93. The van der Waals surface area contributed by atoms with Gasteiger partial charge in [0.15, 0.2) is 0 Å². The van der Waals surface area contributed by atoms with Crippen LogP contribution in [0.1, 0.15) is 49.8 Å². The van der Waals surface area contributed by atoms with E-state index in [1.54, 1.807) is 0 Å². The second-order valence-corrected chi connectivity index (χ2v) is 5.10. The van der Waals surface area contributed by atoms with E-state index in [0.29, 0.717) is 19.5 Å². The molecule has 1 aromatic carbocycles. The Morgan fingerprint density at radius 2 is 2.21 bits per heavy atom. The lowest BCUT2D eigenvalue weighted by Crippen LogP contribution is -2.30. The quantitative estimate of drug-likeness (QED) is 0.852. The van der Waals surface area contributed by atoms with Crippen molar-refractivity contribution in [1.82, 2.24) is 0 Å². The van der Waals surface area contributed by atoms with Crippen molar-refractivity contribution >= 4 is 11.6 Å². The number of hydrogen-bond acceptors (Lipinski definition) is 3. The minimum absolute atomic E-state index is 0.128. The van der Waals surface area contributed by atoms with Gasteiger partial charge < -0.3 is 15.7 Å². The zero-order valence-electron chi connectivity index (χ0n) is 11.6. The molecule has 0 fully saturated rings. The average molecular weight is 262 g/mol. The first-order chi connectivity index (χ1) is 9.10. The number of hydrogen-bond donors (Lipinski definition) is 2. The molecule has 4 nitrogen and oxygen atoms in total. The fraction of sp³-hybridized carbons (Fsp3) is 0.533. The molecule has 1 heterocycles. The van der Waals surface area contributed by atoms with E-state index in [1.165, 1.54) is 0 Å². The van der Waals surface area contributed by atoms with Gasteiger partial charge in [0.2, 0.25) is 5.91 Å². The SMILES string of the molecule is CCC(O)c1ccc2c(c1)C(C)C(=O)N2CCCN. The van der Waals surface area contributed by atoms with Crippen LogP contribution >= 0.6 is 0 Å². The minimum Gasteiger partial charge on any atom is -0.388 e. The van der Waals surface area contributed by atoms with Crippen molar-refractivity contribution in [3.05, 3.63) is 29.3 Å². The molecule has 1 aliphatic heterocycles. The number of nitrogens with two attached hydrogens (primary N) is 1. The summed E-state index contributed by atoms with van der Waals surface area (Å²) in [7, 11) is 0. The number of aliphatic hydroxyl groups is 1. The lowest BCUT2D eigenvalue weighted by Gasteiger charge is -2.17. The van der Waals surface area contributed by atoms with Crippen LogP contribution in [0.15, 0.2) is 18.2 Å². The summed E-state index contributed by atoms with van der Waals surface area (Å²) in [5.41, 5.74) is 8.40. The number of benzene rings is 1. The highest BCUT2D eigenvalue weighted by Crippen LogP contribution is 2.38. The van der Waals surface area contributed by atoms with Crippen LogP contribution in [-0.2, 0) is 4.79 Å². The van der Waals surface area contributed by atoms with Crippen molar-refractivity contribution in [3.63, 3.8) is 0 Å². The molecular weight excluding hydrogens is 240 g/mol. The van der Waals surface area contributed by atoms with E-state index in [9.17, 15) is 9.90 Å². The summed E-state index contributed by atoms with van der Waals surface area (Å²) in [6.45, 7) is 5.12. The van der Waals surface area contributed by atoms with Gasteiger partial charge in [-0.25, -0.2) is 0 Å². The van der Waals surface area contributed by atoms with E-state index < -0.39 is 6.10 Å². The number of rotatable bonds is 5. The van der Waals surface area contributed by atoms with Crippen LogP contribution in [0, 0.1) is 0 Å². The number of nitrogens with zero attached hydrogens (tertiary/aromatic N) is 1. The Balaban J connectivity index is 2.33. The second-order valence-electron chi connectivity index (χ2n) is 5.10. The third-order valence-electron chi connectivity index (χ3n) is 3.80. The molecule has 19 heavy (non-hydrogen) atoms. The standard InChI is InChI=1S/C15H22N2O2/c1-3-14(18)11-5-6-13-12(9-11)10(2)15(19)17(13)8-4-7-16/h5-6,9-10,14,18H,3-4,7-8,16H2,1-2H3. The fourth-order valence-corrected chi connectivity index (χ4v) is 2.57. The highest BCUT2D eigenvalue weighted by Gasteiger charge is 2.34. The van der Waals surface area contributed by atoms with Gasteiger partial charge in [-0.1, -0.05) is 19.1 Å². The van der Waals surface area contributed by atoms with Crippen molar-refractivity contribution in [2.45, 2.75) is 38.7 Å². The molecule has 2 atom stereocenters. The minimum atomic E-state index is -0.453. The molecule has 4 heteroatoms. The van der Waals surface area contributed by atoms with Crippen LogP contribution in [0.5, 0.6) is 0 Å². The maximum Gasteiger partial charge on any atom is 0.234 e. The smallest absolute Gasteiger partial charge is 0.234 e. The predicted octanol–water partition coefficient (Wildman–Crippen LogP) is 1.93. The van der Waals surface area contributed by atoms with Crippen LogP contribution < -0.4 is 10.6 Å². The van der Waals surface area contributed by atoms with Crippen molar-refractivity contribution in [3.8, 4) is 0 Å². The summed E-state index contributed by atoms with van der Waals surface area (Å²) in [5.74, 6) is 0.00312. The van der Waals surface area contributed by atoms with Crippen molar-refractivity contribution in [2.75, 3.05) is 18.0 Å². The molecule has 0 saturated heterocycles. The zero-order chi connectivity index (χ0) is 14.0. The van der Waals surface area contributed by atoms with Crippen LogP contribution in [0.25, 0.3) is 0 Å². The van der Waals surface area contributed by atoms with Gasteiger partial charge in [-0.3, -0.25) is 4.79 Å². The van der Waals surface area contributed by atoms with E-state index in [-0.39, 0.29) is 11.8 Å². The van der Waals surface area contributed by atoms with Gasteiger partial charge in [0.25, 0.3) is 0 Å². The Morgan fingerprint density at radius 3 is 2.84 bits per heavy atom. The fourth-order valence-electron chi connectivity index (χ4n) is 2.57. The van der Waals surface area contributed by atoms with E-state index in [1.807, 2.05) is 36.9 Å². The Bertz CT molecular complexity index is 473. The van der Waals surface area contributed by atoms with Crippen molar-refractivity contribution in [1.29, 1.82) is 0 Å². The van der Waals surface area contributed by atoms with E-state index >= 15 is 0 Å². The number of anilines is 1. The maximum atomic E-state index is 12.2. The average Bonchev–Trinajstić information content (AvgIpc) is 2.68. The first-order valence-electron chi connectivity index (χ1n) is 6.93.